The number of hydrogen-bond donors (Lipinski definition) is 0. The first-order valence-electron chi connectivity index (χ1n) is 9.36. The summed E-state index contributed by atoms with van der Waals surface area (Å²) in [4.78, 5) is 21.7. The molecule has 2 aliphatic rings. The summed E-state index contributed by atoms with van der Waals surface area (Å²) in [6, 6.07) is 5.69. The number of thiazole rings is 1. The summed E-state index contributed by atoms with van der Waals surface area (Å²) in [5.41, 5.74) is 0.936. The molecule has 2 aliphatic heterocycles. The zero-order chi connectivity index (χ0) is 19.9. The molecule has 0 bridgehead atoms. The summed E-state index contributed by atoms with van der Waals surface area (Å²) >= 11 is 7.67. The molecule has 10 heteroatoms. The Morgan fingerprint density at radius 2 is 1.96 bits per heavy atom. The molecule has 1 aromatic carbocycles. The minimum Gasteiger partial charge on any atom is -0.345 e. The van der Waals surface area contributed by atoms with Crippen molar-refractivity contribution in [1.29, 1.82) is 0 Å². The summed E-state index contributed by atoms with van der Waals surface area (Å²) in [6.45, 7) is 3.52. The molecular weight excluding hydrogens is 420 g/mol. The molecule has 152 valence electrons. The predicted molar refractivity (Wildman–Crippen MR) is 113 cm³/mol. The lowest BCUT2D eigenvalue weighted by molar-refractivity contribution is -0.137. The second kappa shape index (κ2) is 7.78. The van der Waals surface area contributed by atoms with E-state index in [0.717, 1.165) is 41.3 Å². The van der Waals surface area contributed by atoms with Gasteiger partial charge in [-0.1, -0.05) is 22.9 Å². The number of aromatic nitrogens is 1. The SMILES string of the molecule is CS(=O)(=O)N1CCCC(C(=O)N2CCN(c3nc4ccc(Cl)cc4s3)CC2)C1. The smallest absolute Gasteiger partial charge is 0.227 e. The first kappa shape index (κ1) is 19.9. The number of carbonyl (C=O) groups excluding carboxylic acids is 1. The molecule has 28 heavy (non-hydrogen) atoms. The molecule has 3 heterocycles. The Hall–Kier alpha value is -1.42. The average Bonchev–Trinajstić information content (AvgIpc) is 3.10. The molecule has 7 nitrogen and oxygen atoms in total. The van der Waals surface area contributed by atoms with Crippen LogP contribution >= 0.6 is 22.9 Å². The third-order valence-corrected chi connectivity index (χ3v) is 7.99. The first-order chi connectivity index (χ1) is 13.3. The highest BCUT2D eigenvalue weighted by Crippen LogP contribution is 2.31. The zero-order valence-corrected chi connectivity index (χ0v) is 18.1. The molecule has 0 radical (unpaired) electrons. The van der Waals surface area contributed by atoms with Crippen LogP contribution in [-0.2, 0) is 14.8 Å². The van der Waals surface area contributed by atoms with Crippen LogP contribution < -0.4 is 4.90 Å². The number of piperidine rings is 1. The molecule has 0 N–H and O–H groups in total. The van der Waals surface area contributed by atoms with Gasteiger partial charge in [0, 0.05) is 44.3 Å². The van der Waals surface area contributed by atoms with Gasteiger partial charge in [0.05, 0.1) is 22.4 Å². The number of hydrogen-bond acceptors (Lipinski definition) is 6. The number of benzene rings is 1. The van der Waals surface area contributed by atoms with Crippen LogP contribution in [0, 0.1) is 5.92 Å². The van der Waals surface area contributed by atoms with Crippen molar-refractivity contribution in [2.45, 2.75) is 12.8 Å². The number of halogens is 1. The normalized spacial score (nSPS) is 22.0. The van der Waals surface area contributed by atoms with Crippen LogP contribution in [0.25, 0.3) is 10.2 Å². The van der Waals surface area contributed by atoms with Gasteiger partial charge in [0.2, 0.25) is 15.9 Å². The van der Waals surface area contributed by atoms with Crippen LogP contribution in [0.1, 0.15) is 12.8 Å². The van der Waals surface area contributed by atoms with E-state index in [9.17, 15) is 13.2 Å². The molecule has 1 unspecified atom stereocenters. The van der Waals surface area contributed by atoms with Gasteiger partial charge in [-0.2, -0.15) is 0 Å². The number of nitrogens with zero attached hydrogens (tertiary/aromatic N) is 4. The van der Waals surface area contributed by atoms with Crippen molar-refractivity contribution in [1.82, 2.24) is 14.2 Å². The Kier molecular flexibility index (Phi) is 5.52. The minimum absolute atomic E-state index is 0.0732. The standard InChI is InChI=1S/C18H23ClN4O3S2/c1-28(25,26)23-6-2-3-13(12-23)17(24)21-7-9-22(10-8-21)18-20-15-5-4-14(19)11-16(15)27-18/h4-5,11,13H,2-3,6-10,12H2,1H3. The van der Waals surface area contributed by atoms with Crippen molar-refractivity contribution in [3.63, 3.8) is 0 Å². The van der Waals surface area contributed by atoms with Gasteiger partial charge in [-0.25, -0.2) is 17.7 Å². The van der Waals surface area contributed by atoms with E-state index < -0.39 is 10.0 Å². The van der Waals surface area contributed by atoms with E-state index in [1.165, 1.54) is 10.6 Å². The van der Waals surface area contributed by atoms with Crippen LogP contribution in [0.3, 0.4) is 0 Å². The van der Waals surface area contributed by atoms with E-state index in [1.54, 1.807) is 11.3 Å². The van der Waals surface area contributed by atoms with Crippen LogP contribution in [-0.4, -0.2) is 74.0 Å². The fourth-order valence-corrected chi connectivity index (χ4v) is 6.05. The van der Waals surface area contributed by atoms with Crippen molar-refractivity contribution in [2.24, 2.45) is 5.92 Å². The Labute approximate surface area is 173 Å². The van der Waals surface area contributed by atoms with Gasteiger partial charge < -0.3 is 9.80 Å². The van der Waals surface area contributed by atoms with Crippen molar-refractivity contribution >= 4 is 54.2 Å². The van der Waals surface area contributed by atoms with E-state index in [2.05, 4.69) is 9.88 Å². The van der Waals surface area contributed by atoms with Gasteiger partial charge in [0.25, 0.3) is 0 Å². The Morgan fingerprint density at radius 3 is 2.68 bits per heavy atom. The van der Waals surface area contributed by atoms with Crippen molar-refractivity contribution in [2.75, 3.05) is 50.4 Å². The molecule has 1 atom stereocenters. The Bertz CT molecular complexity index is 986. The lowest BCUT2D eigenvalue weighted by Gasteiger charge is -2.38. The maximum absolute atomic E-state index is 12.9. The van der Waals surface area contributed by atoms with E-state index in [4.69, 9.17) is 11.6 Å². The fraction of sp³-hybridized carbons (Fsp3) is 0.556. The molecule has 2 aromatic rings. The first-order valence-corrected chi connectivity index (χ1v) is 12.4. The number of anilines is 1. The van der Waals surface area contributed by atoms with Gasteiger partial charge >= 0.3 is 0 Å². The number of fused-ring (bicyclic) bond motifs is 1. The van der Waals surface area contributed by atoms with Gasteiger partial charge in [0.1, 0.15) is 0 Å². The van der Waals surface area contributed by atoms with Crippen LogP contribution in [0.4, 0.5) is 5.13 Å². The summed E-state index contributed by atoms with van der Waals surface area (Å²) in [6.07, 6.45) is 2.70. The molecule has 1 aromatic heterocycles. The highest BCUT2D eigenvalue weighted by molar-refractivity contribution is 7.88. The third kappa shape index (κ3) is 4.12. The molecular formula is C18H23ClN4O3S2. The number of piperazine rings is 1. The Balaban J connectivity index is 1.38. The number of rotatable bonds is 3. The topological polar surface area (TPSA) is 73.8 Å². The lowest BCUT2D eigenvalue weighted by Crippen LogP contribution is -2.53. The van der Waals surface area contributed by atoms with Crippen molar-refractivity contribution in [3.05, 3.63) is 23.2 Å². The second-order valence-electron chi connectivity index (χ2n) is 7.38. The third-order valence-electron chi connectivity index (χ3n) is 5.40. The van der Waals surface area contributed by atoms with E-state index in [0.29, 0.717) is 31.2 Å². The van der Waals surface area contributed by atoms with Gasteiger partial charge in [-0.15, -0.1) is 0 Å². The summed E-state index contributed by atoms with van der Waals surface area (Å²) in [5, 5.41) is 1.65. The maximum Gasteiger partial charge on any atom is 0.227 e. The number of carbonyl (C=O) groups is 1. The van der Waals surface area contributed by atoms with Gasteiger partial charge in [0.15, 0.2) is 5.13 Å². The van der Waals surface area contributed by atoms with Gasteiger partial charge in [-0.3, -0.25) is 4.79 Å². The fourth-order valence-electron chi connectivity index (χ4n) is 3.84. The van der Waals surface area contributed by atoms with E-state index in [-0.39, 0.29) is 11.8 Å². The predicted octanol–water partition coefficient (Wildman–Crippen LogP) is 2.27. The second-order valence-corrected chi connectivity index (χ2v) is 10.8. The molecule has 1 amide bonds. The van der Waals surface area contributed by atoms with E-state index in [1.807, 2.05) is 23.1 Å². The molecule has 0 saturated carbocycles. The van der Waals surface area contributed by atoms with Crippen LogP contribution in [0.2, 0.25) is 5.02 Å². The summed E-state index contributed by atoms with van der Waals surface area (Å²) < 4.78 is 26.1. The van der Waals surface area contributed by atoms with Crippen LogP contribution in [0.5, 0.6) is 0 Å². The van der Waals surface area contributed by atoms with Gasteiger partial charge in [-0.05, 0) is 31.0 Å². The highest BCUT2D eigenvalue weighted by atomic mass is 35.5. The number of amides is 1. The Morgan fingerprint density at radius 1 is 1.21 bits per heavy atom. The quantitative estimate of drug-likeness (QED) is 0.729. The average molecular weight is 443 g/mol. The molecule has 4 rings (SSSR count). The van der Waals surface area contributed by atoms with Crippen LogP contribution in [0.15, 0.2) is 18.2 Å². The molecule has 0 aliphatic carbocycles. The van der Waals surface area contributed by atoms with Crippen molar-refractivity contribution < 1.29 is 13.2 Å². The number of sulfonamides is 1. The zero-order valence-electron chi connectivity index (χ0n) is 15.7. The molecule has 2 saturated heterocycles. The molecule has 2 fully saturated rings. The molecule has 0 spiro atoms. The lowest BCUT2D eigenvalue weighted by atomic mass is 9.98. The summed E-state index contributed by atoms with van der Waals surface area (Å²) in [7, 11) is -3.25. The highest BCUT2D eigenvalue weighted by Gasteiger charge is 2.34. The minimum atomic E-state index is -3.25. The largest absolute Gasteiger partial charge is 0.345 e. The monoisotopic (exact) mass is 442 g/mol. The van der Waals surface area contributed by atoms with Crippen molar-refractivity contribution in [3.8, 4) is 0 Å². The van der Waals surface area contributed by atoms with E-state index >= 15 is 0 Å². The maximum atomic E-state index is 12.9. The summed E-state index contributed by atoms with van der Waals surface area (Å²) in [5.74, 6) is -0.163.